The zero-order valence-corrected chi connectivity index (χ0v) is 14.8. The minimum Gasteiger partial charge on any atom is -0.373 e. The lowest BCUT2D eigenvalue weighted by Crippen LogP contribution is -2.34. The normalized spacial score (nSPS) is 17.7. The minimum absolute atomic E-state index is 0.0924. The number of nitrogens with zero attached hydrogens (tertiary/aromatic N) is 1. The zero-order chi connectivity index (χ0) is 16.6. The second-order valence-corrected chi connectivity index (χ2v) is 6.80. The molecule has 1 N–H and O–H groups in total. The Labute approximate surface area is 151 Å². The third-order valence-corrected chi connectivity index (χ3v) is 4.76. The Kier molecular flexibility index (Phi) is 4.62. The highest BCUT2D eigenvalue weighted by Gasteiger charge is 2.39. The van der Waals surface area contributed by atoms with Gasteiger partial charge in [0, 0.05) is 10.2 Å². The number of hydrogen-bond acceptors (Lipinski definition) is 3. The molecule has 23 heavy (non-hydrogen) atoms. The lowest BCUT2D eigenvalue weighted by atomic mass is 10.2. The first-order valence-corrected chi connectivity index (χ1v) is 8.34. The van der Waals surface area contributed by atoms with Gasteiger partial charge in [0.25, 0.3) is 5.91 Å². The van der Waals surface area contributed by atoms with E-state index in [9.17, 15) is 9.59 Å². The summed E-state index contributed by atoms with van der Waals surface area (Å²) in [6.45, 7) is 0. The van der Waals surface area contributed by atoms with Gasteiger partial charge in [-0.15, -0.1) is 0 Å². The van der Waals surface area contributed by atoms with Crippen molar-refractivity contribution in [3.05, 3.63) is 57.0 Å². The predicted octanol–water partition coefficient (Wildman–Crippen LogP) is 4.50. The molecule has 1 fully saturated rings. The fraction of sp³-hybridized carbons (Fsp3) is 0.125. The van der Waals surface area contributed by atoms with Gasteiger partial charge in [0.15, 0.2) is 0 Å². The topological polar surface area (TPSA) is 49.4 Å². The van der Waals surface area contributed by atoms with Crippen LogP contribution in [0.2, 0.25) is 10.0 Å². The van der Waals surface area contributed by atoms with E-state index in [2.05, 4.69) is 21.2 Å². The van der Waals surface area contributed by atoms with Gasteiger partial charge in [-0.25, -0.2) is 4.90 Å². The van der Waals surface area contributed by atoms with Gasteiger partial charge in [-0.3, -0.25) is 9.59 Å². The molecule has 4 nitrogen and oxygen atoms in total. The molecule has 0 unspecified atom stereocenters. The summed E-state index contributed by atoms with van der Waals surface area (Å²) in [7, 11) is 0. The standard InChI is InChI=1S/C16H11BrCl2N2O2/c17-9-1-4-11(5-2-9)21-15(22)8-14(16(21)23)20-10-3-6-12(18)13(19)7-10/h1-7,14,20H,8H2/t14-/m0/s1. The molecule has 3 rings (SSSR count). The molecule has 0 bridgehead atoms. The number of carbonyl (C=O) groups is 2. The van der Waals surface area contributed by atoms with Crippen LogP contribution in [0.4, 0.5) is 11.4 Å². The molecule has 2 aromatic carbocycles. The first-order chi connectivity index (χ1) is 11.0. The van der Waals surface area contributed by atoms with Gasteiger partial charge in [0.2, 0.25) is 5.91 Å². The summed E-state index contributed by atoms with van der Waals surface area (Å²) in [4.78, 5) is 25.9. The van der Waals surface area contributed by atoms with Crippen molar-refractivity contribution < 1.29 is 9.59 Å². The number of rotatable bonds is 3. The maximum atomic E-state index is 12.5. The van der Waals surface area contributed by atoms with Crippen LogP contribution in [0.25, 0.3) is 0 Å². The smallest absolute Gasteiger partial charge is 0.256 e. The van der Waals surface area contributed by atoms with Crippen molar-refractivity contribution in [3.8, 4) is 0 Å². The van der Waals surface area contributed by atoms with E-state index in [-0.39, 0.29) is 18.2 Å². The quantitative estimate of drug-likeness (QED) is 0.753. The Morgan fingerprint density at radius 2 is 1.74 bits per heavy atom. The van der Waals surface area contributed by atoms with Gasteiger partial charge >= 0.3 is 0 Å². The molecule has 0 aliphatic carbocycles. The average molecular weight is 414 g/mol. The van der Waals surface area contributed by atoms with Crippen molar-refractivity contribution >= 4 is 62.3 Å². The van der Waals surface area contributed by atoms with Crippen molar-refractivity contribution in [1.82, 2.24) is 0 Å². The highest BCUT2D eigenvalue weighted by atomic mass is 79.9. The number of anilines is 2. The van der Waals surface area contributed by atoms with Crippen LogP contribution in [0.5, 0.6) is 0 Å². The molecule has 1 heterocycles. The van der Waals surface area contributed by atoms with E-state index in [0.29, 0.717) is 21.4 Å². The van der Waals surface area contributed by atoms with Crippen LogP contribution in [0.3, 0.4) is 0 Å². The molecule has 7 heteroatoms. The molecule has 0 radical (unpaired) electrons. The van der Waals surface area contributed by atoms with Gasteiger partial charge in [-0.1, -0.05) is 39.1 Å². The Morgan fingerprint density at radius 1 is 1.04 bits per heavy atom. The molecule has 0 aromatic heterocycles. The molecule has 0 saturated carbocycles. The molecule has 1 atom stereocenters. The van der Waals surface area contributed by atoms with E-state index in [1.807, 2.05) is 0 Å². The van der Waals surface area contributed by atoms with Crippen molar-refractivity contribution in [3.63, 3.8) is 0 Å². The number of hydrogen-bond donors (Lipinski definition) is 1. The number of benzene rings is 2. The van der Waals surface area contributed by atoms with Gasteiger partial charge < -0.3 is 5.32 Å². The van der Waals surface area contributed by atoms with Crippen LogP contribution in [-0.4, -0.2) is 17.9 Å². The Hall–Kier alpha value is -1.56. The molecule has 0 spiro atoms. The SMILES string of the molecule is O=C1C[C@H](Nc2ccc(Cl)c(Cl)c2)C(=O)N1c1ccc(Br)cc1. The summed E-state index contributed by atoms with van der Waals surface area (Å²) in [6, 6.07) is 11.4. The molecular formula is C16H11BrCl2N2O2. The van der Waals surface area contributed by atoms with Crippen molar-refractivity contribution in [2.75, 3.05) is 10.2 Å². The van der Waals surface area contributed by atoms with Crippen molar-refractivity contribution in [2.24, 2.45) is 0 Å². The molecule has 1 saturated heterocycles. The summed E-state index contributed by atoms with van der Waals surface area (Å²) in [5.74, 6) is -0.529. The van der Waals surface area contributed by atoms with Crippen LogP contribution in [0.15, 0.2) is 46.9 Å². The van der Waals surface area contributed by atoms with Crippen LogP contribution >= 0.6 is 39.1 Å². The lowest BCUT2D eigenvalue weighted by Gasteiger charge is -2.16. The summed E-state index contributed by atoms with van der Waals surface area (Å²) in [5.41, 5.74) is 1.20. The summed E-state index contributed by atoms with van der Waals surface area (Å²) in [6.07, 6.45) is 0.0924. The monoisotopic (exact) mass is 412 g/mol. The Morgan fingerprint density at radius 3 is 2.39 bits per heavy atom. The van der Waals surface area contributed by atoms with Gasteiger partial charge in [-0.2, -0.15) is 0 Å². The average Bonchev–Trinajstić information content (AvgIpc) is 2.79. The fourth-order valence-corrected chi connectivity index (χ4v) is 2.96. The second-order valence-electron chi connectivity index (χ2n) is 5.07. The van der Waals surface area contributed by atoms with E-state index in [1.54, 1.807) is 42.5 Å². The first-order valence-electron chi connectivity index (χ1n) is 6.79. The van der Waals surface area contributed by atoms with E-state index in [4.69, 9.17) is 23.2 Å². The van der Waals surface area contributed by atoms with E-state index in [0.717, 1.165) is 4.47 Å². The Bertz CT molecular complexity index is 780. The summed E-state index contributed by atoms with van der Waals surface area (Å²) in [5, 5.41) is 3.86. The second kappa shape index (κ2) is 6.51. The first kappa shape index (κ1) is 16.3. The van der Waals surface area contributed by atoms with Gasteiger partial charge in [0.05, 0.1) is 22.2 Å². The minimum atomic E-state index is -0.622. The largest absolute Gasteiger partial charge is 0.373 e. The van der Waals surface area contributed by atoms with Gasteiger partial charge in [0.1, 0.15) is 6.04 Å². The molecule has 2 amide bonds. The Balaban J connectivity index is 1.80. The molecule has 1 aliphatic rings. The molecular weight excluding hydrogens is 403 g/mol. The fourth-order valence-electron chi connectivity index (χ4n) is 2.39. The van der Waals surface area contributed by atoms with Crippen LogP contribution < -0.4 is 10.2 Å². The number of halogens is 3. The molecule has 118 valence electrons. The number of carbonyl (C=O) groups excluding carboxylic acids is 2. The van der Waals surface area contributed by atoms with E-state index >= 15 is 0 Å². The number of amides is 2. The predicted molar refractivity (Wildman–Crippen MR) is 95.1 cm³/mol. The summed E-state index contributed by atoms with van der Waals surface area (Å²) >= 11 is 15.2. The lowest BCUT2D eigenvalue weighted by molar-refractivity contribution is -0.121. The highest BCUT2D eigenvalue weighted by Crippen LogP contribution is 2.29. The van der Waals surface area contributed by atoms with E-state index in [1.165, 1.54) is 4.90 Å². The van der Waals surface area contributed by atoms with Crippen molar-refractivity contribution in [2.45, 2.75) is 12.5 Å². The maximum absolute atomic E-state index is 12.5. The third kappa shape index (κ3) is 3.37. The number of imide groups is 1. The van der Waals surface area contributed by atoms with Crippen LogP contribution in [0, 0.1) is 0 Å². The summed E-state index contributed by atoms with van der Waals surface area (Å²) < 4.78 is 0.880. The highest BCUT2D eigenvalue weighted by molar-refractivity contribution is 9.10. The zero-order valence-electron chi connectivity index (χ0n) is 11.7. The van der Waals surface area contributed by atoms with Crippen molar-refractivity contribution in [1.29, 1.82) is 0 Å². The molecule has 2 aromatic rings. The van der Waals surface area contributed by atoms with Crippen LogP contribution in [0.1, 0.15) is 6.42 Å². The van der Waals surface area contributed by atoms with E-state index < -0.39 is 6.04 Å². The third-order valence-electron chi connectivity index (χ3n) is 3.49. The molecule has 1 aliphatic heterocycles. The maximum Gasteiger partial charge on any atom is 0.256 e. The number of nitrogens with one attached hydrogen (secondary N) is 1. The van der Waals surface area contributed by atoms with Gasteiger partial charge in [-0.05, 0) is 42.5 Å². The van der Waals surface area contributed by atoms with Crippen LogP contribution in [-0.2, 0) is 9.59 Å².